The van der Waals surface area contributed by atoms with Crippen LogP contribution in [0.15, 0.2) is 11.6 Å². The predicted molar refractivity (Wildman–Crippen MR) is 88.1 cm³/mol. The van der Waals surface area contributed by atoms with Gasteiger partial charge in [-0.1, -0.05) is 0 Å². The van der Waals surface area contributed by atoms with Crippen LogP contribution in [0.5, 0.6) is 0 Å². The van der Waals surface area contributed by atoms with E-state index in [1.54, 1.807) is 16.2 Å². The second-order valence-electron chi connectivity index (χ2n) is 6.05. The summed E-state index contributed by atoms with van der Waals surface area (Å²) >= 11 is 1.61. The molecule has 2 atom stereocenters. The summed E-state index contributed by atoms with van der Waals surface area (Å²) in [7, 11) is 3.74. The number of carbonyl (C=O) groups is 1. The fourth-order valence-corrected chi connectivity index (χ4v) is 3.63. The molecule has 1 saturated heterocycles. The highest BCUT2D eigenvalue weighted by Crippen LogP contribution is 2.37. The Morgan fingerprint density at radius 2 is 2.30 bits per heavy atom. The lowest BCUT2D eigenvalue weighted by atomic mass is 9.94. The zero-order valence-corrected chi connectivity index (χ0v) is 14.8. The van der Waals surface area contributed by atoms with E-state index in [4.69, 9.17) is 4.74 Å². The van der Waals surface area contributed by atoms with Crippen molar-refractivity contribution in [2.24, 2.45) is 13.0 Å². The van der Waals surface area contributed by atoms with E-state index in [-0.39, 0.29) is 17.9 Å². The lowest BCUT2D eigenvalue weighted by Gasteiger charge is -2.23. The number of carbonyl (C=O) groups excluding carboxylic acids is 1. The Balaban J connectivity index is 1.74. The van der Waals surface area contributed by atoms with Crippen LogP contribution in [0.25, 0.3) is 0 Å². The van der Waals surface area contributed by atoms with E-state index in [1.165, 1.54) is 0 Å². The number of aryl methyl sites for hydroxylation is 2. The molecular formula is C16H22N4O2S. The van der Waals surface area contributed by atoms with Gasteiger partial charge in [-0.25, -0.2) is 4.98 Å². The second-order valence-corrected chi connectivity index (χ2v) is 7.11. The molecule has 1 amide bonds. The molecule has 1 aliphatic heterocycles. The average Bonchev–Trinajstić information content (AvgIpc) is 3.21. The molecule has 0 unspecified atom stereocenters. The van der Waals surface area contributed by atoms with Crippen molar-refractivity contribution in [3.05, 3.63) is 33.5 Å². The number of thiazole rings is 1. The van der Waals surface area contributed by atoms with E-state index in [9.17, 15) is 4.79 Å². The Morgan fingerprint density at radius 1 is 1.52 bits per heavy atom. The van der Waals surface area contributed by atoms with Gasteiger partial charge >= 0.3 is 0 Å². The summed E-state index contributed by atoms with van der Waals surface area (Å²) in [6.07, 6.45) is 2.36. The maximum Gasteiger partial charge on any atom is 0.228 e. The number of hydrogen-bond donors (Lipinski definition) is 0. The minimum atomic E-state index is -0.198. The first-order valence-electron chi connectivity index (χ1n) is 7.73. The van der Waals surface area contributed by atoms with Gasteiger partial charge in [0.15, 0.2) is 0 Å². The van der Waals surface area contributed by atoms with Crippen molar-refractivity contribution in [2.45, 2.75) is 32.9 Å². The summed E-state index contributed by atoms with van der Waals surface area (Å²) in [6.45, 7) is 5.13. The minimum absolute atomic E-state index is 0.112. The standard InChI is InChI=1S/C16H22N4O2S/c1-10-14(7-17-20(10)4)15-13(5-6-22-15)16(21)19(3)8-12-9-23-11(2)18-12/h7,9,13,15H,5-6,8H2,1-4H3/t13-,15-/m0/s1. The van der Waals surface area contributed by atoms with E-state index >= 15 is 0 Å². The zero-order valence-electron chi connectivity index (χ0n) is 13.9. The molecule has 7 heteroatoms. The van der Waals surface area contributed by atoms with E-state index < -0.39 is 0 Å². The van der Waals surface area contributed by atoms with Crippen LogP contribution in [-0.2, 0) is 23.1 Å². The van der Waals surface area contributed by atoms with Gasteiger partial charge in [-0.3, -0.25) is 9.48 Å². The molecule has 0 saturated carbocycles. The Hall–Kier alpha value is -1.73. The van der Waals surface area contributed by atoms with Crippen molar-refractivity contribution in [3.8, 4) is 0 Å². The van der Waals surface area contributed by atoms with Gasteiger partial charge in [0.25, 0.3) is 0 Å². The molecule has 2 aromatic heterocycles. The second kappa shape index (κ2) is 6.41. The number of hydrogen-bond acceptors (Lipinski definition) is 5. The third-order valence-corrected chi connectivity index (χ3v) is 5.25. The Labute approximate surface area is 140 Å². The van der Waals surface area contributed by atoms with Gasteiger partial charge in [0, 0.05) is 37.3 Å². The molecular weight excluding hydrogens is 312 g/mol. The van der Waals surface area contributed by atoms with Crippen molar-refractivity contribution in [1.29, 1.82) is 0 Å². The van der Waals surface area contributed by atoms with E-state index in [1.807, 2.05) is 44.2 Å². The molecule has 1 fully saturated rings. The predicted octanol–water partition coefficient (Wildman–Crippen LogP) is 2.23. The van der Waals surface area contributed by atoms with Crippen LogP contribution in [0.3, 0.4) is 0 Å². The molecule has 0 N–H and O–H groups in total. The van der Waals surface area contributed by atoms with Gasteiger partial charge in [-0.2, -0.15) is 5.10 Å². The summed E-state index contributed by atoms with van der Waals surface area (Å²) in [5.74, 6) is -0.0379. The SMILES string of the molecule is Cc1nc(CN(C)C(=O)[C@H]2CCO[C@@H]2c2cnn(C)c2C)cs1. The van der Waals surface area contributed by atoms with Gasteiger partial charge < -0.3 is 9.64 Å². The summed E-state index contributed by atoms with van der Waals surface area (Å²) in [5.41, 5.74) is 3.00. The number of rotatable bonds is 4. The van der Waals surface area contributed by atoms with Crippen LogP contribution in [0.1, 0.15) is 34.5 Å². The Kier molecular flexibility index (Phi) is 4.50. The molecule has 0 radical (unpaired) electrons. The van der Waals surface area contributed by atoms with Crippen molar-refractivity contribution < 1.29 is 9.53 Å². The molecule has 124 valence electrons. The third kappa shape index (κ3) is 3.16. The fourth-order valence-electron chi connectivity index (χ4n) is 3.03. The summed E-state index contributed by atoms with van der Waals surface area (Å²) in [5, 5.41) is 7.30. The Morgan fingerprint density at radius 3 is 2.91 bits per heavy atom. The van der Waals surface area contributed by atoms with Gasteiger partial charge in [-0.05, 0) is 20.3 Å². The number of amides is 1. The van der Waals surface area contributed by atoms with Crippen LogP contribution in [0.2, 0.25) is 0 Å². The lowest BCUT2D eigenvalue weighted by Crippen LogP contribution is -2.34. The van der Waals surface area contributed by atoms with Gasteiger partial charge in [0.1, 0.15) is 0 Å². The van der Waals surface area contributed by atoms with Gasteiger partial charge in [0.2, 0.25) is 5.91 Å². The number of nitrogens with zero attached hydrogens (tertiary/aromatic N) is 4. The maximum absolute atomic E-state index is 12.9. The average molecular weight is 334 g/mol. The molecule has 23 heavy (non-hydrogen) atoms. The maximum atomic E-state index is 12.9. The van der Waals surface area contributed by atoms with Crippen molar-refractivity contribution >= 4 is 17.2 Å². The first-order chi connectivity index (χ1) is 11.0. The van der Waals surface area contributed by atoms with E-state index in [2.05, 4.69) is 10.1 Å². The largest absolute Gasteiger partial charge is 0.373 e. The topological polar surface area (TPSA) is 60.3 Å². The van der Waals surface area contributed by atoms with Crippen molar-refractivity contribution in [1.82, 2.24) is 19.7 Å². The molecule has 0 spiro atoms. The summed E-state index contributed by atoms with van der Waals surface area (Å²) in [6, 6.07) is 0. The monoisotopic (exact) mass is 334 g/mol. The first kappa shape index (κ1) is 16.1. The Bertz CT molecular complexity index is 709. The zero-order chi connectivity index (χ0) is 16.6. The van der Waals surface area contributed by atoms with Crippen LogP contribution >= 0.6 is 11.3 Å². The minimum Gasteiger partial charge on any atom is -0.373 e. The third-order valence-electron chi connectivity index (χ3n) is 4.43. The molecule has 1 aliphatic rings. The van der Waals surface area contributed by atoms with Crippen molar-refractivity contribution in [2.75, 3.05) is 13.7 Å². The van der Waals surface area contributed by atoms with Crippen LogP contribution in [0, 0.1) is 19.8 Å². The highest BCUT2D eigenvalue weighted by Gasteiger charge is 2.38. The summed E-state index contributed by atoms with van der Waals surface area (Å²) < 4.78 is 7.68. The van der Waals surface area contributed by atoms with Gasteiger partial charge in [0.05, 0.1) is 35.5 Å². The summed E-state index contributed by atoms with van der Waals surface area (Å²) in [4.78, 5) is 19.0. The van der Waals surface area contributed by atoms with Crippen molar-refractivity contribution in [3.63, 3.8) is 0 Å². The van der Waals surface area contributed by atoms with Gasteiger partial charge in [-0.15, -0.1) is 11.3 Å². The lowest BCUT2D eigenvalue weighted by molar-refractivity contribution is -0.136. The molecule has 0 aromatic carbocycles. The number of aromatic nitrogens is 3. The number of ether oxygens (including phenoxy) is 1. The fraction of sp³-hybridized carbons (Fsp3) is 0.562. The molecule has 3 heterocycles. The quantitative estimate of drug-likeness (QED) is 0.860. The van der Waals surface area contributed by atoms with E-state index in [0.717, 1.165) is 28.4 Å². The first-order valence-corrected chi connectivity index (χ1v) is 8.61. The van der Waals surface area contributed by atoms with Crippen LogP contribution in [0.4, 0.5) is 0 Å². The highest BCUT2D eigenvalue weighted by molar-refractivity contribution is 7.09. The highest BCUT2D eigenvalue weighted by atomic mass is 32.1. The smallest absolute Gasteiger partial charge is 0.228 e. The molecule has 0 bridgehead atoms. The molecule has 0 aliphatic carbocycles. The molecule has 3 rings (SSSR count). The van der Waals surface area contributed by atoms with E-state index in [0.29, 0.717) is 13.2 Å². The molecule has 2 aromatic rings. The normalized spacial score (nSPS) is 20.9. The van der Waals surface area contributed by atoms with Crippen LogP contribution in [-0.4, -0.2) is 39.2 Å². The van der Waals surface area contributed by atoms with Crippen LogP contribution < -0.4 is 0 Å². The molecule has 6 nitrogen and oxygen atoms in total.